The van der Waals surface area contributed by atoms with E-state index in [0.717, 1.165) is 5.75 Å². The van der Waals surface area contributed by atoms with Gasteiger partial charge in [-0.2, -0.15) is 0 Å². The molecule has 0 bridgehead atoms. The number of benzene rings is 3. The molecule has 1 aliphatic heterocycles. The van der Waals surface area contributed by atoms with Gasteiger partial charge in [0.1, 0.15) is 22.2 Å². The summed E-state index contributed by atoms with van der Waals surface area (Å²) in [6, 6.07) is 29.7. The van der Waals surface area contributed by atoms with Crippen molar-refractivity contribution >= 4 is 52.2 Å². The number of hydrogen-bond acceptors (Lipinski definition) is 6. The Kier molecular flexibility index (Phi) is 6.79. The largest absolute Gasteiger partial charge is 0.457 e. The topological polar surface area (TPSA) is 63.7 Å². The van der Waals surface area contributed by atoms with E-state index in [9.17, 15) is 4.79 Å². The van der Waals surface area contributed by atoms with Crippen LogP contribution in [-0.2, 0) is 4.79 Å². The third kappa shape index (κ3) is 5.30. The molecule has 2 heterocycles. The van der Waals surface area contributed by atoms with E-state index in [2.05, 4.69) is 10.3 Å². The highest BCUT2D eigenvalue weighted by Crippen LogP contribution is 2.28. The summed E-state index contributed by atoms with van der Waals surface area (Å²) in [5.41, 5.74) is 1.71. The van der Waals surface area contributed by atoms with Crippen LogP contribution in [0.4, 0.5) is 5.69 Å². The number of anilines is 1. The Morgan fingerprint density at radius 3 is 1.97 bits per heavy atom. The standard InChI is InChI=1S/C28H19N3O3S2/c32-26-24(17-19-11-16-25(29-18-19)34-22-9-5-2-6-10-22)27(35)31(28(36)30-26)20-12-14-23(15-13-20)33-21-7-3-1-4-8-21/h1-18H,(H,30,32,36). The van der Waals surface area contributed by atoms with Gasteiger partial charge in [0.2, 0.25) is 5.88 Å². The molecule has 1 fully saturated rings. The van der Waals surface area contributed by atoms with Crippen LogP contribution >= 0.6 is 24.4 Å². The first-order chi connectivity index (χ1) is 17.6. The van der Waals surface area contributed by atoms with Crippen molar-refractivity contribution in [2.45, 2.75) is 0 Å². The van der Waals surface area contributed by atoms with Gasteiger partial charge in [0.15, 0.2) is 5.11 Å². The van der Waals surface area contributed by atoms with Crippen molar-refractivity contribution in [3.63, 3.8) is 0 Å². The molecule has 8 heteroatoms. The molecule has 4 aromatic rings. The summed E-state index contributed by atoms with van der Waals surface area (Å²) in [5.74, 6) is 2.17. The van der Waals surface area contributed by atoms with Gasteiger partial charge >= 0.3 is 0 Å². The number of nitrogens with zero attached hydrogens (tertiary/aromatic N) is 2. The zero-order valence-corrected chi connectivity index (χ0v) is 20.5. The van der Waals surface area contributed by atoms with Gasteiger partial charge in [-0.25, -0.2) is 4.98 Å². The number of pyridine rings is 1. The normalized spacial score (nSPS) is 14.5. The summed E-state index contributed by atoms with van der Waals surface area (Å²) in [6.07, 6.45) is 3.30. The lowest BCUT2D eigenvalue weighted by atomic mass is 10.1. The monoisotopic (exact) mass is 509 g/mol. The summed E-state index contributed by atoms with van der Waals surface area (Å²) in [5, 5.41) is 2.93. The van der Waals surface area contributed by atoms with Crippen molar-refractivity contribution in [1.29, 1.82) is 0 Å². The summed E-state index contributed by atoms with van der Waals surface area (Å²) in [4.78, 5) is 19.0. The molecule has 0 spiro atoms. The molecule has 1 aromatic heterocycles. The highest BCUT2D eigenvalue weighted by molar-refractivity contribution is 7.83. The number of carbonyl (C=O) groups excluding carboxylic acids is 1. The molecule has 0 saturated carbocycles. The number of para-hydroxylation sites is 2. The molecular weight excluding hydrogens is 490 g/mol. The van der Waals surface area contributed by atoms with Crippen LogP contribution in [0.5, 0.6) is 23.1 Å². The molecule has 3 aromatic carbocycles. The fraction of sp³-hybridized carbons (Fsp3) is 0. The maximum atomic E-state index is 12.7. The SMILES string of the molecule is O=C1NC(=S)N(c2ccc(Oc3ccccc3)cc2)C(=S)C1=Cc1ccc(Oc2ccccc2)nc1. The molecule has 0 radical (unpaired) electrons. The predicted molar refractivity (Wildman–Crippen MR) is 148 cm³/mol. The Balaban J connectivity index is 1.34. The number of aromatic nitrogens is 1. The highest BCUT2D eigenvalue weighted by Gasteiger charge is 2.31. The molecule has 176 valence electrons. The van der Waals surface area contributed by atoms with Crippen LogP contribution in [0.25, 0.3) is 6.08 Å². The average Bonchev–Trinajstić information content (AvgIpc) is 2.90. The van der Waals surface area contributed by atoms with Crippen LogP contribution in [0, 0.1) is 0 Å². The van der Waals surface area contributed by atoms with E-state index >= 15 is 0 Å². The van der Waals surface area contributed by atoms with Crippen molar-refractivity contribution < 1.29 is 14.3 Å². The quantitative estimate of drug-likeness (QED) is 0.242. The van der Waals surface area contributed by atoms with Gasteiger partial charge in [-0.15, -0.1) is 0 Å². The van der Waals surface area contributed by atoms with E-state index in [1.807, 2.05) is 84.9 Å². The Hall–Kier alpha value is -4.40. The second-order valence-electron chi connectivity index (χ2n) is 7.71. The molecule has 0 aliphatic carbocycles. The molecule has 6 nitrogen and oxygen atoms in total. The van der Waals surface area contributed by atoms with Crippen LogP contribution < -0.4 is 19.7 Å². The lowest BCUT2D eigenvalue weighted by Crippen LogP contribution is -2.53. The Morgan fingerprint density at radius 1 is 0.750 bits per heavy atom. The average molecular weight is 510 g/mol. The van der Waals surface area contributed by atoms with Crippen molar-refractivity contribution in [2.75, 3.05) is 4.90 Å². The molecule has 0 unspecified atom stereocenters. The molecular formula is C28H19N3O3S2. The van der Waals surface area contributed by atoms with Gasteiger partial charge in [-0.05, 0) is 78.5 Å². The molecule has 1 N–H and O–H groups in total. The minimum atomic E-state index is -0.366. The molecule has 5 rings (SSSR count). The Labute approximate surface area is 218 Å². The first kappa shape index (κ1) is 23.3. The second-order valence-corrected chi connectivity index (χ2v) is 8.49. The highest BCUT2D eigenvalue weighted by atomic mass is 32.1. The third-order valence-electron chi connectivity index (χ3n) is 5.21. The van der Waals surface area contributed by atoms with Gasteiger partial charge < -0.3 is 9.47 Å². The number of ether oxygens (including phenoxy) is 2. The van der Waals surface area contributed by atoms with E-state index in [4.69, 9.17) is 33.9 Å². The van der Waals surface area contributed by atoms with Gasteiger partial charge in [0, 0.05) is 18.0 Å². The minimum Gasteiger partial charge on any atom is -0.457 e. The van der Waals surface area contributed by atoms with Crippen LogP contribution in [0.2, 0.25) is 0 Å². The first-order valence-corrected chi connectivity index (χ1v) is 11.8. The van der Waals surface area contributed by atoms with Gasteiger partial charge in [0.25, 0.3) is 5.91 Å². The maximum absolute atomic E-state index is 12.7. The van der Waals surface area contributed by atoms with Crippen LogP contribution in [0.3, 0.4) is 0 Å². The third-order valence-corrected chi connectivity index (χ3v) is 5.90. The van der Waals surface area contributed by atoms with Crippen molar-refractivity contribution in [1.82, 2.24) is 10.3 Å². The van der Waals surface area contributed by atoms with Crippen LogP contribution in [0.1, 0.15) is 5.56 Å². The lowest BCUT2D eigenvalue weighted by molar-refractivity contribution is -0.115. The number of carbonyl (C=O) groups is 1. The molecule has 36 heavy (non-hydrogen) atoms. The summed E-state index contributed by atoms with van der Waals surface area (Å²) >= 11 is 11.1. The smallest absolute Gasteiger partial charge is 0.260 e. The number of amides is 1. The fourth-order valence-corrected chi connectivity index (χ4v) is 4.19. The molecule has 1 amide bonds. The predicted octanol–water partition coefficient (Wildman–Crippen LogP) is 6.30. The van der Waals surface area contributed by atoms with Gasteiger partial charge in [-0.3, -0.25) is 15.0 Å². The number of thiocarbonyl (C=S) groups is 2. The van der Waals surface area contributed by atoms with E-state index in [1.165, 1.54) is 0 Å². The van der Waals surface area contributed by atoms with Gasteiger partial charge in [-0.1, -0.05) is 48.6 Å². The lowest BCUT2D eigenvalue weighted by Gasteiger charge is -2.31. The zero-order chi connectivity index (χ0) is 24.9. The van der Waals surface area contributed by atoms with Crippen molar-refractivity contribution in [2.24, 2.45) is 0 Å². The molecule has 1 saturated heterocycles. The minimum absolute atomic E-state index is 0.212. The number of nitrogens with one attached hydrogen (secondary N) is 1. The van der Waals surface area contributed by atoms with Crippen molar-refractivity contribution in [3.05, 3.63) is 114 Å². The Bertz CT molecular complexity index is 1440. The summed E-state index contributed by atoms with van der Waals surface area (Å²) in [6.45, 7) is 0. The van der Waals surface area contributed by atoms with E-state index < -0.39 is 0 Å². The summed E-state index contributed by atoms with van der Waals surface area (Å²) in [7, 11) is 0. The van der Waals surface area contributed by atoms with E-state index in [0.29, 0.717) is 39.2 Å². The van der Waals surface area contributed by atoms with E-state index in [-0.39, 0.29) is 11.0 Å². The fourth-order valence-electron chi connectivity index (χ4n) is 3.49. The maximum Gasteiger partial charge on any atom is 0.260 e. The molecule has 0 atom stereocenters. The second kappa shape index (κ2) is 10.5. The zero-order valence-electron chi connectivity index (χ0n) is 18.8. The van der Waals surface area contributed by atoms with E-state index in [1.54, 1.807) is 29.3 Å². The Morgan fingerprint density at radius 2 is 1.36 bits per heavy atom. The summed E-state index contributed by atoms with van der Waals surface area (Å²) < 4.78 is 11.6. The van der Waals surface area contributed by atoms with Gasteiger partial charge in [0.05, 0.1) is 5.57 Å². The number of rotatable bonds is 6. The number of hydrogen-bond donors (Lipinski definition) is 1. The van der Waals surface area contributed by atoms with Crippen LogP contribution in [0.15, 0.2) is 109 Å². The van der Waals surface area contributed by atoms with Crippen LogP contribution in [-0.4, -0.2) is 21.0 Å². The first-order valence-electron chi connectivity index (χ1n) is 11.0. The van der Waals surface area contributed by atoms with Crippen molar-refractivity contribution in [3.8, 4) is 23.1 Å². The molecule has 1 aliphatic rings.